The summed E-state index contributed by atoms with van der Waals surface area (Å²) in [5.74, 6) is 0.348. The zero-order chi connectivity index (χ0) is 12.6. The maximum atomic E-state index is 8.86. The summed E-state index contributed by atoms with van der Waals surface area (Å²) in [5, 5.41) is 13.7. The van der Waals surface area contributed by atoms with E-state index in [1.165, 1.54) is 6.20 Å². The molecule has 17 heavy (non-hydrogen) atoms. The van der Waals surface area contributed by atoms with Crippen LogP contribution in [0.5, 0.6) is 0 Å². The van der Waals surface area contributed by atoms with Gasteiger partial charge in [0.15, 0.2) is 0 Å². The molecule has 2 aromatic rings. The van der Waals surface area contributed by atoms with Crippen molar-refractivity contribution < 1.29 is 0 Å². The molecule has 2 N–H and O–H groups in total. The molecule has 2 rings (SSSR count). The van der Waals surface area contributed by atoms with Crippen LogP contribution in [0.15, 0.2) is 18.3 Å². The van der Waals surface area contributed by atoms with Crippen LogP contribution >= 0.6 is 11.6 Å². The molecule has 0 saturated heterocycles. The van der Waals surface area contributed by atoms with Gasteiger partial charge in [-0.25, -0.2) is 4.68 Å². The molecule has 1 heterocycles. The second-order valence-corrected chi connectivity index (χ2v) is 4.29. The molecule has 0 unspecified atom stereocenters. The lowest BCUT2D eigenvalue weighted by Gasteiger charge is -2.11. The van der Waals surface area contributed by atoms with Crippen LogP contribution in [-0.2, 0) is 0 Å². The summed E-state index contributed by atoms with van der Waals surface area (Å²) < 4.78 is 1.57. The Hall–Kier alpha value is -1.99. The Morgan fingerprint density at radius 1 is 1.35 bits per heavy atom. The summed E-state index contributed by atoms with van der Waals surface area (Å²) in [5.41, 5.74) is 9.04. The van der Waals surface area contributed by atoms with E-state index in [1.807, 2.05) is 32.0 Å². The summed E-state index contributed by atoms with van der Waals surface area (Å²) >= 11 is 5.97. The van der Waals surface area contributed by atoms with E-state index in [0.717, 1.165) is 16.8 Å². The number of aryl methyl sites for hydroxylation is 2. The molecule has 86 valence electrons. The van der Waals surface area contributed by atoms with Gasteiger partial charge in [0, 0.05) is 5.02 Å². The molecule has 1 aromatic heterocycles. The van der Waals surface area contributed by atoms with Crippen molar-refractivity contribution in [2.24, 2.45) is 0 Å². The highest BCUT2D eigenvalue weighted by Crippen LogP contribution is 2.26. The van der Waals surface area contributed by atoms with Gasteiger partial charge in [0.05, 0.1) is 11.9 Å². The second-order valence-electron chi connectivity index (χ2n) is 3.86. The second kappa shape index (κ2) is 4.11. The van der Waals surface area contributed by atoms with Crippen LogP contribution in [0.1, 0.15) is 16.7 Å². The van der Waals surface area contributed by atoms with Crippen LogP contribution in [0, 0.1) is 25.2 Å². The van der Waals surface area contributed by atoms with Crippen LogP contribution in [0.3, 0.4) is 0 Å². The van der Waals surface area contributed by atoms with Gasteiger partial charge in [-0.15, -0.1) is 0 Å². The number of halogens is 1. The number of hydrogen-bond donors (Lipinski definition) is 1. The summed E-state index contributed by atoms with van der Waals surface area (Å²) in [6, 6.07) is 5.69. The molecular formula is C12H11ClN4. The maximum absolute atomic E-state index is 8.86. The predicted octanol–water partition coefficient (Wildman–Crippen LogP) is 2.60. The fraction of sp³-hybridized carbons (Fsp3) is 0.167. The quantitative estimate of drug-likeness (QED) is 0.841. The SMILES string of the molecule is Cc1cc(Cl)cc(C)c1-n1ncc(C#N)c1N. The Bertz CT molecular complexity index is 599. The summed E-state index contributed by atoms with van der Waals surface area (Å²) in [6.07, 6.45) is 1.46. The van der Waals surface area contributed by atoms with E-state index in [9.17, 15) is 0 Å². The summed E-state index contributed by atoms with van der Waals surface area (Å²) in [4.78, 5) is 0. The van der Waals surface area contributed by atoms with E-state index in [1.54, 1.807) is 4.68 Å². The maximum Gasteiger partial charge on any atom is 0.145 e. The number of nitrogens with two attached hydrogens (primary N) is 1. The zero-order valence-corrected chi connectivity index (χ0v) is 10.3. The molecule has 0 amide bonds. The number of hydrogen-bond acceptors (Lipinski definition) is 3. The van der Waals surface area contributed by atoms with Crippen LogP contribution in [0.25, 0.3) is 5.69 Å². The van der Waals surface area contributed by atoms with Crippen LogP contribution in [0.2, 0.25) is 5.02 Å². The third kappa shape index (κ3) is 1.85. The van der Waals surface area contributed by atoms with Crippen LogP contribution in [-0.4, -0.2) is 9.78 Å². The van der Waals surface area contributed by atoms with E-state index in [-0.39, 0.29) is 0 Å². The van der Waals surface area contributed by atoms with Gasteiger partial charge in [-0.2, -0.15) is 10.4 Å². The van der Waals surface area contributed by atoms with Gasteiger partial charge in [0.2, 0.25) is 0 Å². The topological polar surface area (TPSA) is 67.6 Å². The third-order valence-electron chi connectivity index (χ3n) is 2.59. The minimum atomic E-state index is 0.348. The zero-order valence-electron chi connectivity index (χ0n) is 9.53. The highest BCUT2D eigenvalue weighted by molar-refractivity contribution is 6.30. The normalized spacial score (nSPS) is 10.2. The number of nitrogen functional groups attached to an aromatic ring is 1. The van der Waals surface area contributed by atoms with Gasteiger partial charge in [-0.1, -0.05) is 11.6 Å². The summed E-state index contributed by atoms with van der Waals surface area (Å²) in [6.45, 7) is 3.86. The van der Waals surface area contributed by atoms with Gasteiger partial charge >= 0.3 is 0 Å². The molecule has 0 bridgehead atoms. The van der Waals surface area contributed by atoms with Crippen molar-refractivity contribution in [2.75, 3.05) is 5.73 Å². The minimum absolute atomic E-state index is 0.348. The lowest BCUT2D eigenvalue weighted by Crippen LogP contribution is -2.06. The predicted molar refractivity (Wildman–Crippen MR) is 67.2 cm³/mol. The van der Waals surface area contributed by atoms with Gasteiger partial charge in [-0.05, 0) is 37.1 Å². The number of nitriles is 1. The molecule has 0 saturated carbocycles. The molecule has 0 fully saturated rings. The molecule has 1 aromatic carbocycles. The molecular weight excluding hydrogens is 236 g/mol. The monoisotopic (exact) mass is 246 g/mol. The first-order valence-electron chi connectivity index (χ1n) is 5.05. The van der Waals surface area contributed by atoms with E-state index >= 15 is 0 Å². The van der Waals surface area contributed by atoms with Crippen molar-refractivity contribution >= 4 is 17.4 Å². The molecule has 5 heteroatoms. The van der Waals surface area contributed by atoms with Crippen molar-refractivity contribution in [2.45, 2.75) is 13.8 Å². The lowest BCUT2D eigenvalue weighted by atomic mass is 10.1. The highest BCUT2D eigenvalue weighted by atomic mass is 35.5. The van der Waals surface area contributed by atoms with E-state index in [0.29, 0.717) is 16.4 Å². The fourth-order valence-corrected chi connectivity index (χ4v) is 2.19. The Kier molecular flexibility index (Phi) is 2.78. The van der Waals surface area contributed by atoms with Crippen molar-refractivity contribution in [1.82, 2.24) is 9.78 Å². The Labute approximate surface area is 104 Å². The molecule has 0 atom stereocenters. The fourth-order valence-electron chi connectivity index (χ4n) is 1.86. The Morgan fingerprint density at radius 3 is 2.41 bits per heavy atom. The lowest BCUT2D eigenvalue weighted by molar-refractivity contribution is 0.875. The molecule has 0 aliphatic heterocycles. The molecule has 4 nitrogen and oxygen atoms in total. The number of aromatic nitrogens is 2. The van der Waals surface area contributed by atoms with Gasteiger partial charge < -0.3 is 5.73 Å². The average Bonchev–Trinajstić information content (AvgIpc) is 2.59. The van der Waals surface area contributed by atoms with Crippen LogP contribution < -0.4 is 5.73 Å². The highest BCUT2D eigenvalue weighted by Gasteiger charge is 2.13. The smallest absolute Gasteiger partial charge is 0.145 e. The molecule has 0 aliphatic rings. The largest absolute Gasteiger partial charge is 0.382 e. The standard InChI is InChI=1S/C12H11ClN4/c1-7-3-10(13)4-8(2)11(7)17-12(15)9(5-14)6-16-17/h3-4,6H,15H2,1-2H3. The summed E-state index contributed by atoms with van der Waals surface area (Å²) in [7, 11) is 0. The number of nitrogens with zero attached hydrogens (tertiary/aromatic N) is 3. The minimum Gasteiger partial charge on any atom is -0.382 e. The first-order chi connectivity index (χ1) is 8.04. The number of anilines is 1. The van der Waals surface area contributed by atoms with Gasteiger partial charge in [-0.3, -0.25) is 0 Å². The van der Waals surface area contributed by atoms with Gasteiger partial charge in [0.1, 0.15) is 17.5 Å². The van der Waals surface area contributed by atoms with Crippen molar-refractivity contribution in [3.63, 3.8) is 0 Å². The molecule has 0 radical (unpaired) electrons. The first kappa shape index (κ1) is 11.5. The van der Waals surface area contributed by atoms with Gasteiger partial charge in [0.25, 0.3) is 0 Å². The van der Waals surface area contributed by atoms with Crippen molar-refractivity contribution in [3.05, 3.63) is 40.0 Å². The van der Waals surface area contributed by atoms with E-state index in [4.69, 9.17) is 22.6 Å². The molecule has 0 aliphatic carbocycles. The van der Waals surface area contributed by atoms with Crippen LogP contribution in [0.4, 0.5) is 5.82 Å². The average molecular weight is 247 g/mol. The van der Waals surface area contributed by atoms with E-state index < -0.39 is 0 Å². The Balaban J connectivity index is 2.69. The van der Waals surface area contributed by atoms with Crippen molar-refractivity contribution in [3.8, 4) is 11.8 Å². The number of rotatable bonds is 1. The first-order valence-corrected chi connectivity index (χ1v) is 5.43. The number of benzene rings is 1. The van der Waals surface area contributed by atoms with E-state index in [2.05, 4.69) is 5.10 Å². The third-order valence-corrected chi connectivity index (χ3v) is 2.81. The Morgan fingerprint density at radius 2 is 1.94 bits per heavy atom. The van der Waals surface area contributed by atoms with Crippen molar-refractivity contribution in [1.29, 1.82) is 5.26 Å². The molecule has 0 spiro atoms.